The van der Waals surface area contributed by atoms with Gasteiger partial charge in [0.05, 0.1) is 27.8 Å². The van der Waals surface area contributed by atoms with Crippen molar-refractivity contribution in [1.29, 1.82) is 0 Å². The van der Waals surface area contributed by atoms with Crippen LogP contribution in [0.15, 0.2) is 279 Å². The highest BCUT2D eigenvalue weighted by atomic mass is 15.1. The Balaban J connectivity index is 0.906. The van der Waals surface area contributed by atoms with Crippen LogP contribution in [0.3, 0.4) is 0 Å². The molecule has 71 heavy (non-hydrogen) atoms. The monoisotopic (exact) mass is 902 g/mol. The van der Waals surface area contributed by atoms with Crippen molar-refractivity contribution in [2.75, 3.05) is 4.90 Å². The van der Waals surface area contributed by atoms with Crippen LogP contribution < -0.4 is 4.90 Å². The van der Waals surface area contributed by atoms with Crippen LogP contribution >= 0.6 is 0 Å². The summed E-state index contributed by atoms with van der Waals surface area (Å²) in [6.45, 7) is 0. The van der Waals surface area contributed by atoms with Crippen molar-refractivity contribution < 1.29 is 0 Å². The van der Waals surface area contributed by atoms with Gasteiger partial charge in [0.2, 0.25) is 0 Å². The van der Waals surface area contributed by atoms with Crippen molar-refractivity contribution in [1.82, 2.24) is 4.57 Å². The highest BCUT2D eigenvalue weighted by Crippen LogP contribution is 2.56. The summed E-state index contributed by atoms with van der Waals surface area (Å²) in [6, 6.07) is 103. The lowest BCUT2D eigenvalue weighted by Crippen LogP contribution is -2.28. The van der Waals surface area contributed by atoms with Gasteiger partial charge in [0.15, 0.2) is 0 Å². The maximum Gasteiger partial charge on any atom is 0.0713 e. The molecule has 0 saturated heterocycles. The lowest BCUT2D eigenvalue weighted by atomic mass is 9.68. The van der Waals surface area contributed by atoms with Gasteiger partial charge in [-0.3, -0.25) is 0 Å². The summed E-state index contributed by atoms with van der Waals surface area (Å²) in [5.74, 6) is 0. The van der Waals surface area contributed by atoms with Crippen LogP contribution in [0.2, 0.25) is 0 Å². The van der Waals surface area contributed by atoms with Gasteiger partial charge in [-0.05, 0) is 115 Å². The summed E-state index contributed by atoms with van der Waals surface area (Å²) in [6.07, 6.45) is 0. The Morgan fingerprint density at radius 3 is 1.45 bits per heavy atom. The molecule has 0 aliphatic heterocycles. The predicted molar refractivity (Wildman–Crippen MR) is 299 cm³/mol. The van der Waals surface area contributed by atoms with E-state index in [1.165, 1.54) is 99.0 Å². The Kier molecular flexibility index (Phi) is 9.47. The summed E-state index contributed by atoms with van der Waals surface area (Å²) in [5.41, 5.74) is 18.9. The lowest BCUT2D eigenvalue weighted by molar-refractivity contribution is 0.768. The molecule has 13 aromatic rings. The van der Waals surface area contributed by atoms with Crippen LogP contribution in [-0.4, -0.2) is 4.57 Å². The van der Waals surface area contributed by atoms with Gasteiger partial charge < -0.3 is 9.47 Å². The van der Waals surface area contributed by atoms with E-state index in [-0.39, 0.29) is 0 Å². The molecule has 1 aliphatic carbocycles. The Morgan fingerprint density at radius 2 is 0.789 bits per heavy atom. The van der Waals surface area contributed by atoms with Gasteiger partial charge in [0, 0.05) is 32.9 Å². The molecule has 0 unspecified atom stereocenters. The molecule has 0 N–H and O–H groups in total. The van der Waals surface area contributed by atoms with Crippen LogP contribution in [0, 0.1) is 0 Å². The van der Waals surface area contributed by atoms with Crippen molar-refractivity contribution in [3.63, 3.8) is 0 Å². The predicted octanol–water partition coefficient (Wildman–Crippen LogP) is 18.3. The number of rotatable bonds is 8. The van der Waals surface area contributed by atoms with Crippen LogP contribution in [0.4, 0.5) is 17.1 Å². The number of benzene rings is 12. The molecule has 0 saturated carbocycles. The van der Waals surface area contributed by atoms with Crippen molar-refractivity contribution in [2.24, 2.45) is 0 Å². The summed E-state index contributed by atoms with van der Waals surface area (Å²) in [4.78, 5) is 2.42. The van der Waals surface area contributed by atoms with Gasteiger partial charge >= 0.3 is 0 Å². The van der Waals surface area contributed by atoms with E-state index >= 15 is 0 Å². The first-order valence-electron chi connectivity index (χ1n) is 24.6. The SMILES string of the molecule is c1ccc(C2(c3ccccc3)c3ccccc3-c3cc(-n4c5ccccc5c5ccc(-c6ccccc6-c6ccc(N(c7cccc8ccccc78)c7cccc8ccccc78)cc6)cc54)ccc32)cc1. The Morgan fingerprint density at radius 1 is 0.296 bits per heavy atom. The molecule has 0 spiro atoms. The molecule has 1 aliphatic rings. The van der Waals surface area contributed by atoms with Gasteiger partial charge in [-0.2, -0.15) is 0 Å². The van der Waals surface area contributed by atoms with E-state index in [0.29, 0.717) is 0 Å². The summed E-state index contributed by atoms with van der Waals surface area (Å²) in [5, 5.41) is 7.32. The second-order valence-corrected chi connectivity index (χ2v) is 18.8. The number of fused-ring (bicyclic) bond motifs is 8. The van der Waals surface area contributed by atoms with Gasteiger partial charge in [-0.1, -0.05) is 231 Å². The van der Waals surface area contributed by atoms with E-state index in [1.807, 2.05) is 0 Å². The van der Waals surface area contributed by atoms with Crippen molar-refractivity contribution >= 4 is 60.4 Å². The fourth-order valence-electron chi connectivity index (χ4n) is 12.0. The molecule has 2 heteroatoms. The fraction of sp³-hybridized carbons (Fsp3) is 0.0145. The van der Waals surface area contributed by atoms with E-state index in [2.05, 4.69) is 289 Å². The van der Waals surface area contributed by atoms with Crippen molar-refractivity contribution in [3.05, 3.63) is 301 Å². The lowest BCUT2D eigenvalue weighted by Gasteiger charge is -2.33. The number of aromatic nitrogens is 1. The summed E-state index contributed by atoms with van der Waals surface area (Å²) < 4.78 is 2.48. The second-order valence-electron chi connectivity index (χ2n) is 18.8. The molecule has 1 heterocycles. The zero-order valence-corrected chi connectivity index (χ0v) is 39.0. The van der Waals surface area contributed by atoms with Crippen molar-refractivity contribution in [3.8, 4) is 39.1 Å². The van der Waals surface area contributed by atoms with E-state index in [0.717, 1.165) is 22.7 Å². The molecular formula is C69H46N2. The Hall–Kier alpha value is -9.24. The zero-order chi connectivity index (χ0) is 46.9. The average molecular weight is 903 g/mol. The third-order valence-corrected chi connectivity index (χ3v) is 15.1. The molecule has 1 aromatic heterocycles. The topological polar surface area (TPSA) is 8.17 Å². The highest BCUT2D eigenvalue weighted by molar-refractivity contribution is 6.11. The average Bonchev–Trinajstić information content (AvgIpc) is 3.94. The van der Waals surface area contributed by atoms with Gasteiger partial charge in [-0.25, -0.2) is 0 Å². The zero-order valence-electron chi connectivity index (χ0n) is 39.0. The maximum atomic E-state index is 2.48. The third kappa shape index (κ3) is 6.35. The van der Waals surface area contributed by atoms with Crippen LogP contribution in [0.25, 0.3) is 82.4 Å². The molecule has 0 atom stereocenters. The first-order chi connectivity index (χ1) is 35.2. The van der Waals surface area contributed by atoms with Gasteiger partial charge in [0.25, 0.3) is 0 Å². The fourth-order valence-corrected chi connectivity index (χ4v) is 12.0. The first-order valence-corrected chi connectivity index (χ1v) is 24.6. The van der Waals surface area contributed by atoms with E-state index < -0.39 is 5.41 Å². The normalized spacial score (nSPS) is 12.6. The number of para-hydroxylation sites is 1. The number of anilines is 3. The minimum atomic E-state index is -0.451. The quantitative estimate of drug-likeness (QED) is 0.147. The summed E-state index contributed by atoms with van der Waals surface area (Å²) in [7, 11) is 0. The highest BCUT2D eigenvalue weighted by Gasteiger charge is 2.46. The Bertz CT molecular complexity index is 4040. The Labute approximate surface area is 413 Å². The number of hydrogen-bond donors (Lipinski definition) is 0. The number of nitrogens with zero attached hydrogens (tertiary/aromatic N) is 2. The van der Waals surface area contributed by atoms with Crippen LogP contribution in [-0.2, 0) is 5.41 Å². The second kappa shape index (κ2) is 16.5. The smallest absolute Gasteiger partial charge is 0.0713 e. The molecule has 0 bridgehead atoms. The van der Waals surface area contributed by atoms with Gasteiger partial charge in [-0.15, -0.1) is 0 Å². The number of hydrogen-bond acceptors (Lipinski definition) is 1. The molecule has 14 rings (SSSR count). The third-order valence-electron chi connectivity index (χ3n) is 15.1. The molecule has 332 valence electrons. The molecule has 0 fully saturated rings. The first kappa shape index (κ1) is 40.8. The molecular weight excluding hydrogens is 857 g/mol. The minimum Gasteiger partial charge on any atom is -0.309 e. The molecule has 2 nitrogen and oxygen atoms in total. The van der Waals surface area contributed by atoms with E-state index in [4.69, 9.17) is 0 Å². The molecule has 0 radical (unpaired) electrons. The standard InChI is InChI=1S/C69H46N2/c1-3-23-51(24-4-1)69(52-25-5-2-6-26-52)63-33-15-13-31-59(63)62-46-54(42-44-64(62)69)71-67-34-16-14-32-60(67)61-43-39-50(45-68(61)71)56-28-12-11-27-55(56)49-37-40-53(41-38-49)70(65-35-17-21-47-19-7-9-29-57(47)65)66-36-18-22-48-20-8-10-30-58(48)66/h1-46H. The van der Waals surface area contributed by atoms with Crippen LogP contribution in [0.5, 0.6) is 0 Å². The summed E-state index contributed by atoms with van der Waals surface area (Å²) >= 11 is 0. The van der Waals surface area contributed by atoms with Crippen molar-refractivity contribution in [2.45, 2.75) is 5.41 Å². The van der Waals surface area contributed by atoms with Gasteiger partial charge in [0.1, 0.15) is 0 Å². The van der Waals surface area contributed by atoms with E-state index in [1.54, 1.807) is 0 Å². The minimum absolute atomic E-state index is 0.451. The maximum absolute atomic E-state index is 2.48. The molecule has 0 amide bonds. The van der Waals surface area contributed by atoms with E-state index in [9.17, 15) is 0 Å². The van der Waals surface area contributed by atoms with Crippen LogP contribution in [0.1, 0.15) is 22.3 Å². The molecule has 12 aromatic carbocycles. The largest absolute Gasteiger partial charge is 0.309 e.